The van der Waals surface area contributed by atoms with Crippen molar-refractivity contribution in [1.82, 2.24) is 10.2 Å². The summed E-state index contributed by atoms with van der Waals surface area (Å²) in [6, 6.07) is 16.1. The zero-order chi connectivity index (χ0) is 21.3. The van der Waals surface area contributed by atoms with Crippen molar-refractivity contribution < 1.29 is 9.59 Å². The van der Waals surface area contributed by atoms with Crippen molar-refractivity contribution in [3.05, 3.63) is 59.1 Å². The molecule has 0 atom stereocenters. The first kappa shape index (κ1) is 21.6. The van der Waals surface area contributed by atoms with Crippen molar-refractivity contribution in [3.63, 3.8) is 0 Å². The van der Waals surface area contributed by atoms with Gasteiger partial charge in [0.2, 0.25) is 5.91 Å². The van der Waals surface area contributed by atoms with Crippen LogP contribution in [0.15, 0.2) is 48.5 Å². The largest absolute Gasteiger partial charge is 0.335 e. The van der Waals surface area contributed by atoms with Gasteiger partial charge in [0, 0.05) is 43.5 Å². The van der Waals surface area contributed by atoms with E-state index in [1.807, 2.05) is 36.4 Å². The third-order valence-electron chi connectivity index (χ3n) is 4.98. The van der Waals surface area contributed by atoms with E-state index in [9.17, 15) is 9.59 Å². The van der Waals surface area contributed by atoms with Crippen LogP contribution in [0.3, 0.4) is 0 Å². The molecule has 8 heteroatoms. The lowest BCUT2D eigenvalue weighted by Crippen LogP contribution is -2.46. The average molecular weight is 426 g/mol. The molecule has 3 amide bonds. The Labute approximate surface area is 181 Å². The number of halogens is 1. The second-order valence-electron chi connectivity index (χ2n) is 7.19. The van der Waals surface area contributed by atoms with Gasteiger partial charge >= 0.3 is 6.03 Å². The topological polar surface area (TPSA) is 97.3 Å². The van der Waals surface area contributed by atoms with E-state index in [0.29, 0.717) is 29.2 Å². The summed E-state index contributed by atoms with van der Waals surface area (Å²) in [7, 11) is 0. The van der Waals surface area contributed by atoms with Crippen LogP contribution in [0.5, 0.6) is 0 Å². The van der Waals surface area contributed by atoms with E-state index in [1.54, 1.807) is 18.2 Å². The van der Waals surface area contributed by atoms with Gasteiger partial charge < -0.3 is 20.9 Å². The number of likely N-dealkylation sites (tertiary alicyclic amines) is 1. The highest BCUT2D eigenvalue weighted by atomic mass is 35.5. The minimum Gasteiger partial charge on any atom is -0.335 e. The van der Waals surface area contributed by atoms with Gasteiger partial charge in [0.05, 0.1) is 10.6 Å². The molecule has 3 rings (SSSR count). The van der Waals surface area contributed by atoms with Crippen LogP contribution in [0.25, 0.3) is 0 Å². The normalized spacial score (nSPS) is 14.5. The number of para-hydroxylation sites is 1. The van der Waals surface area contributed by atoms with Crippen molar-refractivity contribution in [2.24, 2.45) is 0 Å². The molecule has 2 aromatic carbocycles. The molecule has 1 aliphatic rings. The van der Waals surface area contributed by atoms with Crippen LogP contribution in [0.2, 0.25) is 5.02 Å². The number of rotatable bonds is 6. The Balaban J connectivity index is 1.35. The number of nitriles is 1. The number of carbonyl (C=O) groups is 2. The minimum absolute atomic E-state index is 0.0988. The second-order valence-corrected chi connectivity index (χ2v) is 7.59. The van der Waals surface area contributed by atoms with Crippen molar-refractivity contribution in [1.29, 1.82) is 5.26 Å². The highest BCUT2D eigenvalue weighted by Crippen LogP contribution is 2.20. The van der Waals surface area contributed by atoms with Crippen LogP contribution in [-0.2, 0) is 4.79 Å². The van der Waals surface area contributed by atoms with Crippen LogP contribution in [0, 0.1) is 11.3 Å². The maximum atomic E-state index is 12.2. The Morgan fingerprint density at radius 3 is 2.47 bits per heavy atom. The zero-order valence-corrected chi connectivity index (χ0v) is 17.3. The fourth-order valence-corrected chi connectivity index (χ4v) is 3.56. The molecule has 3 N–H and O–H groups in total. The Kier molecular flexibility index (Phi) is 7.66. The van der Waals surface area contributed by atoms with Gasteiger partial charge in [0.1, 0.15) is 6.07 Å². The second kappa shape index (κ2) is 10.6. The van der Waals surface area contributed by atoms with Gasteiger partial charge in [-0.1, -0.05) is 29.8 Å². The molecule has 0 saturated carbocycles. The first-order chi connectivity index (χ1) is 14.5. The number of nitrogens with one attached hydrogen (secondary N) is 3. The highest BCUT2D eigenvalue weighted by molar-refractivity contribution is 6.32. The number of hydrogen-bond donors (Lipinski definition) is 3. The molecular weight excluding hydrogens is 402 g/mol. The number of piperidine rings is 1. The Morgan fingerprint density at radius 1 is 1.07 bits per heavy atom. The molecule has 0 aliphatic carbocycles. The molecule has 0 spiro atoms. The molecule has 0 radical (unpaired) electrons. The summed E-state index contributed by atoms with van der Waals surface area (Å²) in [5.41, 5.74) is 1.72. The third kappa shape index (κ3) is 6.48. The first-order valence-electron chi connectivity index (χ1n) is 9.88. The molecule has 1 heterocycles. The molecule has 156 valence electrons. The van der Waals surface area contributed by atoms with Gasteiger partial charge in [-0.25, -0.2) is 4.79 Å². The van der Waals surface area contributed by atoms with Gasteiger partial charge in [0.15, 0.2) is 0 Å². The lowest BCUT2D eigenvalue weighted by molar-refractivity contribution is -0.116. The van der Waals surface area contributed by atoms with E-state index in [2.05, 4.69) is 20.9 Å². The van der Waals surface area contributed by atoms with E-state index < -0.39 is 0 Å². The summed E-state index contributed by atoms with van der Waals surface area (Å²) in [5, 5.41) is 17.9. The Bertz CT molecular complexity index is 921. The summed E-state index contributed by atoms with van der Waals surface area (Å²) < 4.78 is 0. The van der Waals surface area contributed by atoms with Crippen LogP contribution < -0.4 is 16.0 Å². The smallest absolute Gasteiger partial charge is 0.319 e. The molecule has 0 bridgehead atoms. The molecule has 1 aliphatic heterocycles. The van der Waals surface area contributed by atoms with Crippen LogP contribution in [0.4, 0.5) is 16.2 Å². The Hall–Kier alpha value is -3.08. The fraction of sp³-hybridized carbons (Fsp3) is 0.318. The van der Waals surface area contributed by atoms with Gasteiger partial charge in [-0.3, -0.25) is 4.79 Å². The third-order valence-corrected chi connectivity index (χ3v) is 5.30. The standard InChI is InChI=1S/C22H24ClN5O2/c23-20-14-19(7-6-16(20)15-24)25-21(29)10-13-28-11-8-18(9-12-28)27-22(30)26-17-4-2-1-3-5-17/h1-7,14,18H,8-13H2,(H,25,29)(H2,26,27,30). The lowest BCUT2D eigenvalue weighted by Gasteiger charge is -2.32. The summed E-state index contributed by atoms with van der Waals surface area (Å²) in [4.78, 5) is 26.5. The molecule has 0 unspecified atom stereocenters. The lowest BCUT2D eigenvalue weighted by atomic mass is 10.1. The predicted molar refractivity (Wildman–Crippen MR) is 117 cm³/mol. The molecular formula is C22H24ClN5O2. The van der Waals surface area contributed by atoms with E-state index in [4.69, 9.17) is 16.9 Å². The van der Waals surface area contributed by atoms with Gasteiger partial charge in [0.25, 0.3) is 0 Å². The molecule has 1 fully saturated rings. The molecule has 7 nitrogen and oxygen atoms in total. The number of hydrogen-bond acceptors (Lipinski definition) is 4. The van der Waals surface area contributed by atoms with Gasteiger partial charge in [-0.05, 0) is 43.2 Å². The summed E-state index contributed by atoms with van der Waals surface area (Å²) in [5.74, 6) is -0.0988. The number of benzene rings is 2. The minimum atomic E-state index is -0.194. The van der Waals surface area contributed by atoms with Gasteiger partial charge in [-0.2, -0.15) is 5.26 Å². The SMILES string of the molecule is N#Cc1ccc(NC(=O)CCN2CCC(NC(=O)Nc3ccccc3)CC2)cc1Cl. The predicted octanol–water partition coefficient (Wildman–Crippen LogP) is 3.83. The van der Waals surface area contributed by atoms with Crippen LogP contribution in [-0.4, -0.2) is 42.5 Å². The van der Waals surface area contributed by atoms with Crippen molar-refractivity contribution >= 4 is 34.9 Å². The zero-order valence-electron chi connectivity index (χ0n) is 16.5. The molecule has 2 aromatic rings. The molecule has 0 aromatic heterocycles. The monoisotopic (exact) mass is 425 g/mol. The summed E-state index contributed by atoms with van der Waals surface area (Å²) in [6.07, 6.45) is 2.05. The number of carbonyl (C=O) groups excluding carboxylic acids is 2. The number of amides is 3. The maximum absolute atomic E-state index is 12.2. The van der Waals surface area contributed by atoms with E-state index in [0.717, 1.165) is 31.6 Å². The summed E-state index contributed by atoms with van der Waals surface area (Å²) in [6.45, 7) is 2.30. The number of nitrogens with zero attached hydrogens (tertiary/aromatic N) is 2. The summed E-state index contributed by atoms with van der Waals surface area (Å²) >= 11 is 5.99. The first-order valence-corrected chi connectivity index (χ1v) is 10.3. The van der Waals surface area contributed by atoms with Crippen LogP contribution >= 0.6 is 11.6 Å². The van der Waals surface area contributed by atoms with Crippen molar-refractivity contribution in [3.8, 4) is 6.07 Å². The fourth-order valence-electron chi connectivity index (χ4n) is 3.34. The van der Waals surface area contributed by atoms with E-state index in [-0.39, 0.29) is 18.0 Å². The van der Waals surface area contributed by atoms with Gasteiger partial charge in [-0.15, -0.1) is 0 Å². The molecule has 30 heavy (non-hydrogen) atoms. The Morgan fingerprint density at radius 2 is 1.80 bits per heavy atom. The highest BCUT2D eigenvalue weighted by Gasteiger charge is 2.21. The molecule has 1 saturated heterocycles. The van der Waals surface area contributed by atoms with Crippen molar-refractivity contribution in [2.45, 2.75) is 25.3 Å². The number of urea groups is 1. The quantitative estimate of drug-likeness (QED) is 0.655. The number of anilines is 2. The van der Waals surface area contributed by atoms with E-state index in [1.165, 1.54) is 0 Å². The van der Waals surface area contributed by atoms with Crippen LogP contribution in [0.1, 0.15) is 24.8 Å². The average Bonchev–Trinajstić information content (AvgIpc) is 2.74. The van der Waals surface area contributed by atoms with E-state index >= 15 is 0 Å². The van der Waals surface area contributed by atoms with Crippen molar-refractivity contribution in [2.75, 3.05) is 30.3 Å². The maximum Gasteiger partial charge on any atom is 0.319 e.